The first kappa shape index (κ1) is 23.2. The van der Waals surface area contributed by atoms with E-state index in [4.69, 9.17) is 4.74 Å². The number of methoxy groups -OCH3 is 1. The third kappa shape index (κ3) is 4.55. The molecule has 0 aliphatic heterocycles. The first-order valence-corrected chi connectivity index (χ1v) is 10.7. The molecule has 0 unspecified atom stereocenters. The summed E-state index contributed by atoms with van der Waals surface area (Å²) in [5, 5.41) is 8.34. The smallest absolute Gasteiger partial charge is 0.418 e. The van der Waals surface area contributed by atoms with E-state index in [1.54, 1.807) is 17.5 Å². The van der Waals surface area contributed by atoms with Gasteiger partial charge in [0.05, 0.1) is 24.1 Å². The molecule has 0 bridgehead atoms. The molecule has 0 saturated carbocycles. The molecule has 2 heterocycles. The van der Waals surface area contributed by atoms with Gasteiger partial charge in [0, 0.05) is 22.7 Å². The summed E-state index contributed by atoms with van der Waals surface area (Å²) in [4.78, 5) is 29.6. The number of benzene rings is 2. The van der Waals surface area contributed by atoms with Gasteiger partial charge in [-0.15, -0.1) is 11.3 Å². The summed E-state index contributed by atoms with van der Waals surface area (Å²) in [6, 6.07) is 13.0. The number of rotatable bonds is 5. The lowest BCUT2D eigenvalue weighted by atomic mass is 10.1. The van der Waals surface area contributed by atoms with Gasteiger partial charge in [0.25, 0.3) is 5.91 Å². The van der Waals surface area contributed by atoms with Crippen LogP contribution in [0.2, 0.25) is 0 Å². The quantitative estimate of drug-likeness (QED) is 0.432. The Morgan fingerprint density at radius 3 is 2.56 bits per heavy atom. The standard InChI is InChI=1S/C23H17F3N4O3S/c1-13-11-18(31)20(29-30(13)17-9-5-4-8-15(17)23(24,25)26)21(32)28-22-27-16(12-34-22)14-7-3-6-10-19(14)33-2/h3-12H,1-2H3,(H,27,28,32). The number of hydrogen-bond acceptors (Lipinski definition) is 6. The van der Waals surface area contributed by atoms with E-state index in [2.05, 4.69) is 15.4 Å². The highest BCUT2D eigenvalue weighted by atomic mass is 32.1. The molecule has 0 spiro atoms. The number of aryl methyl sites for hydroxylation is 1. The van der Waals surface area contributed by atoms with Crippen LogP contribution in [0.3, 0.4) is 0 Å². The van der Waals surface area contributed by atoms with Crippen LogP contribution in [0.4, 0.5) is 18.3 Å². The lowest BCUT2D eigenvalue weighted by Crippen LogP contribution is -2.27. The minimum Gasteiger partial charge on any atom is -0.496 e. The lowest BCUT2D eigenvalue weighted by molar-refractivity contribution is -0.137. The molecule has 4 rings (SSSR count). The van der Waals surface area contributed by atoms with Crippen molar-refractivity contribution < 1.29 is 22.7 Å². The van der Waals surface area contributed by atoms with E-state index in [9.17, 15) is 22.8 Å². The maximum absolute atomic E-state index is 13.5. The number of anilines is 1. The molecular weight excluding hydrogens is 469 g/mol. The highest BCUT2D eigenvalue weighted by molar-refractivity contribution is 7.14. The number of thiazole rings is 1. The Balaban J connectivity index is 1.68. The van der Waals surface area contributed by atoms with Crippen molar-refractivity contribution in [3.05, 3.63) is 87.2 Å². The molecule has 1 amide bonds. The van der Waals surface area contributed by atoms with E-state index in [0.29, 0.717) is 17.0 Å². The third-order valence-corrected chi connectivity index (χ3v) is 5.63. The van der Waals surface area contributed by atoms with Gasteiger partial charge in [-0.25, -0.2) is 9.67 Å². The average molecular weight is 486 g/mol. The summed E-state index contributed by atoms with van der Waals surface area (Å²) in [7, 11) is 1.53. The van der Waals surface area contributed by atoms with Crippen molar-refractivity contribution in [1.29, 1.82) is 0 Å². The number of ether oxygens (including phenoxy) is 1. The van der Waals surface area contributed by atoms with Gasteiger partial charge in [-0.3, -0.25) is 14.9 Å². The SMILES string of the molecule is COc1ccccc1-c1csc(NC(=O)c2nn(-c3ccccc3C(F)(F)F)c(C)cc2=O)n1. The van der Waals surface area contributed by atoms with E-state index in [1.165, 1.54) is 32.2 Å². The van der Waals surface area contributed by atoms with E-state index < -0.39 is 28.8 Å². The predicted molar refractivity (Wildman–Crippen MR) is 122 cm³/mol. The number of carbonyl (C=O) groups excluding carboxylic acids is 1. The summed E-state index contributed by atoms with van der Waals surface area (Å²) in [5.41, 5.74) is -1.12. The number of aromatic nitrogens is 3. The molecule has 0 atom stereocenters. The van der Waals surface area contributed by atoms with Gasteiger partial charge in [-0.2, -0.15) is 18.3 Å². The Labute approximate surface area is 195 Å². The first-order valence-electron chi connectivity index (χ1n) is 9.87. The monoisotopic (exact) mass is 486 g/mol. The van der Waals surface area contributed by atoms with Crippen molar-refractivity contribution in [2.45, 2.75) is 13.1 Å². The molecule has 11 heteroatoms. The fourth-order valence-corrected chi connectivity index (χ4v) is 4.02. The molecule has 174 valence electrons. The highest BCUT2D eigenvalue weighted by Gasteiger charge is 2.34. The van der Waals surface area contributed by atoms with Crippen LogP contribution >= 0.6 is 11.3 Å². The second-order valence-corrected chi connectivity index (χ2v) is 7.98. The van der Waals surface area contributed by atoms with Crippen LogP contribution in [0.15, 0.2) is 64.8 Å². The largest absolute Gasteiger partial charge is 0.496 e. The number of para-hydroxylation sites is 2. The predicted octanol–water partition coefficient (Wildman–Crippen LogP) is 4.94. The Morgan fingerprint density at radius 1 is 1.12 bits per heavy atom. The molecule has 0 saturated heterocycles. The van der Waals surface area contributed by atoms with Crippen LogP contribution in [-0.4, -0.2) is 27.8 Å². The molecule has 2 aromatic carbocycles. The maximum atomic E-state index is 13.5. The van der Waals surface area contributed by atoms with Crippen LogP contribution in [0, 0.1) is 6.92 Å². The average Bonchev–Trinajstić information content (AvgIpc) is 3.26. The molecule has 7 nitrogen and oxygen atoms in total. The number of nitrogens with one attached hydrogen (secondary N) is 1. The number of alkyl halides is 3. The third-order valence-electron chi connectivity index (χ3n) is 4.87. The molecule has 0 aliphatic rings. The minimum absolute atomic E-state index is 0.144. The molecule has 0 aliphatic carbocycles. The van der Waals surface area contributed by atoms with Crippen LogP contribution in [0.5, 0.6) is 5.75 Å². The Morgan fingerprint density at radius 2 is 1.82 bits per heavy atom. The summed E-state index contributed by atoms with van der Waals surface area (Å²) in [5.74, 6) is -0.290. The minimum atomic E-state index is -4.65. The van der Waals surface area contributed by atoms with Crippen molar-refractivity contribution in [2.24, 2.45) is 0 Å². The summed E-state index contributed by atoms with van der Waals surface area (Å²) < 4.78 is 46.7. The molecule has 0 fully saturated rings. The van der Waals surface area contributed by atoms with Crippen LogP contribution in [0.25, 0.3) is 16.9 Å². The molecule has 0 radical (unpaired) electrons. The zero-order valence-electron chi connectivity index (χ0n) is 17.9. The number of amides is 1. The zero-order chi connectivity index (χ0) is 24.5. The number of hydrogen-bond donors (Lipinski definition) is 1. The summed E-state index contributed by atoms with van der Waals surface area (Å²) in [6.45, 7) is 1.43. The van der Waals surface area contributed by atoms with Crippen LogP contribution < -0.4 is 15.5 Å². The van der Waals surface area contributed by atoms with Crippen LogP contribution in [0.1, 0.15) is 21.7 Å². The molecular formula is C23H17F3N4O3S. The zero-order valence-corrected chi connectivity index (χ0v) is 18.7. The Hall–Kier alpha value is -3.99. The topological polar surface area (TPSA) is 86.1 Å². The van der Waals surface area contributed by atoms with Crippen molar-refractivity contribution in [3.63, 3.8) is 0 Å². The fraction of sp³-hybridized carbons (Fsp3) is 0.130. The van der Waals surface area contributed by atoms with Crippen molar-refractivity contribution >= 4 is 22.4 Å². The van der Waals surface area contributed by atoms with Crippen LogP contribution in [-0.2, 0) is 6.18 Å². The Bertz CT molecular complexity index is 1430. The Kier molecular flexibility index (Phi) is 6.20. The number of nitrogens with zero attached hydrogens (tertiary/aromatic N) is 3. The number of carbonyl (C=O) groups is 1. The summed E-state index contributed by atoms with van der Waals surface area (Å²) >= 11 is 1.12. The first-order chi connectivity index (χ1) is 16.2. The molecule has 2 aromatic heterocycles. The van der Waals surface area contributed by atoms with Crippen molar-refractivity contribution in [3.8, 4) is 22.7 Å². The van der Waals surface area contributed by atoms with Crippen molar-refractivity contribution in [1.82, 2.24) is 14.8 Å². The van der Waals surface area contributed by atoms with E-state index >= 15 is 0 Å². The van der Waals surface area contributed by atoms with Gasteiger partial charge in [0.15, 0.2) is 10.8 Å². The van der Waals surface area contributed by atoms with Gasteiger partial charge in [0.1, 0.15) is 5.75 Å². The van der Waals surface area contributed by atoms with Gasteiger partial charge < -0.3 is 4.74 Å². The van der Waals surface area contributed by atoms with Gasteiger partial charge >= 0.3 is 6.18 Å². The molecule has 4 aromatic rings. The van der Waals surface area contributed by atoms with Crippen molar-refractivity contribution in [2.75, 3.05) is 12.4 Å². The van der Waals surface area contributed by atoms with Gasteiger partial charge in [0.2, 0.25) is 5.43 Å². The van der Waals surface area contributed by atoms with E-state index in [-0.39, 0.29) is 16.5 Å². The lowest BCUT2D eigenvalue weighted by Gasteiger charge is -2.16. The number of halogens is 3. The van der Waals surface area contributed by atoms with Gasteiger partial charge in [-0.1, -0.05) is 24.3 Å². The van der Waals surface area contributed by atoms with Gasteiger partial charge in [-0.05, 0) is 31.2 Å². The fourth-order valence-electron chi connectivity index (χ4n) is 3.31. The normalized spacial score (nSPS) is 11.3. The van der Waals surface area contributed by atoms with E-state index in [0.717, 1.165) is 28.2 Å². The highest BCUT2D eigenvalue weighted by Crippen LogP contribution is 2.34. The van der Waals surface area contributed by atoms with E-state index in [1.807, 2.05) is 12.1 Å². The molecule has 34 heavy (non-hydrogen) atoms. The second kappa shape index (κ2) is 9.10. The maximum Gasteiger partial charge on any atom is 0.418 e. The second-order valence-electron chi connectivity index (χ2n) is 7.12. The summed E-state index contributed by atoms with van der Waals surface area (Å²) in [6.07, 6.45) is -4.65. The molecule has 1 N–H and O–H groups in total.